The van der Waals surface area contributed by atoms with Crippen molar-refractivity contribution >= 4 is 11.6 Å². The average molecular weight is 239 g/mol. The van der Waals surface area contributed by atoms with Gasteiger partial charge in [0.1, 0.15) is 5.75 Å². The first-order valence-corrected chi connectivity index (χ1v) is 5.48. The zero-order valence-corrected chi connectivity index (χ0v) is 10.2. The molecule has 0 fully saturated rings. The van der Waals surface area contributed by atoms with E-state index in [0.717, 1.165) is 11.3 Å². The summed E-state index contributed by atoms with van der Waals surface area (Å²) in [5, 5.41) is 12.5. The van der Waals surface area contributed by atoms with Gasteiger partial charge in [0, 0.05) is 23.7 Å². The van der Waals surface area contributed by atoms with Crippen LogP contribution in [0.15, 0.2) is 18.2 Å². The van der Waals surface area contributed by atoms with E-state index in [0.29, 0.717) is 18.1 Å². The molecule has 1 unspecified atom stereocenters. The Morgan fingerprint density at radius 3 is 2.94 bits per heavy atom. The molecule has 0 aliphatic rings. The minimum atomic E-state index is -0.00603. The molecule has 1 aromatic carbocycles. The highest BCUT2D eigenvalue weighted by Crippen LogP contribution is 2.25. The van der Waals surface area contributed by atoms with E-state index in [4.69, 9.17) is 21.6 Å². The summed E-state index contributed by atoms with van der Waals surface area (Å²) >= 11 is 6.07. The molecule has 0 heterocycles. The molecule has 0 aliphatic carbocycles. The van der Waals surface area contributed by atoms with Gasteiger partial charge in [0.15, 0.2) is 0 Å². The van der Waals surface area contributed by atoms with E-state index in [-0.39, 0.29) is 5.92 Å². The summed E-state index contributed by atoms with van der Waals surface area (Å²) in [6.45, 7) is 3.12. The number of nitrogens with one attached hydrogen (secondary N) is 1. The molecule has 1 rings (SSSR count). The molecule has 0 aliphatic heterocycles. The lowest BCUT2D eigenvalue weighted by molar-refractivity contribution is 0.407. The van der Waals surface area contributed by atoms with E-state index in [1.54, 1.807) is 7.11 Å². The first-order valence-electron chi connectivity index (χ1n) is 5.10. The van der Waals surface area contributed by atoms with E-state index in [1.165, 1.54) is 0 Å². The van der Waals surface area contributed by atoms with Crippen LogP contribution in [0.1, 0.15) is 12.5 Å². The lowest BCUT2D eigenvalue weighted by Gasteiger charge is -2.11. The maximum absolute atomic E-state index is 8.65. The van der Waals surface area contributed by atoms with E-state index < -0.39 is 0 Å². The van der Waals surface area contributed by atoms with Crippen LogP contribution >= 0.6 is 11.6 Å². The van der Waals surface area contributed by atoms with Crippen LogP contribution in [-0.4, -0.2) is 13.7 Å². The highest BCUT2D eigenvalue weighted by atomic mass is 35.5. The van der Waals surface area contributed by atoms with Gasteiger partial charge in [0.25, 0.3) is 0 Å². The van der Waals surface area contributed by atoms with Crippen molar-refractivity contribution in [2.45, 2.75) is 13.5 Å². The Balaban J connectivity index is 2.63. The van der Waals surface area contributed by atoms with E-state index in [2.05, 4.69) is 11.4 Å². The highest BCUT2D eigenvalue weighted by Gasteiger charge is 2.07. The molecule has 1 atom stereocenters. The third kappa shape index (κ3) is 3.41. The Morgan fingerprint density at radius 2 is 2.31 bits per heavy atom. The number of ether oxygens (including phenoxy) is 1. The van der Waals surface area contributed by atoms with Gasteiger partial charge in [-0.1, -0.05) is 17.7 Å². The third-order valence-electron chi connectivity index (χ3n) is 2.27. The van der Waals surface area contributed by atoms with Gasteiger partial charge in [-0.25, -0.2) is 0 Å². The molecule has 0 saturated carbocycles. The van der Waals surface area contributed by atoms with Crippen LogP contribution < -0.4 is 10.1 Å². The number of nitriles is 1. The van der Waals surface area contributed by atoms with Gasteiger partial charge in [-0.3, -0.25) is 0 Å². The number of methoxy groups -OCH3 is 1. The molecule has 0 spiro atoms. The van der Waals surface area contributed by atoms with Crippen molar-refractivity contribution in [1.29, 1.82) is 5.26 Å². The first-order chi connectivity index (χ1) is 7.69. The zero-order chi connectivity index (χ0) is 12.0. The molecule has 0 radical (unpaired) electrons. The van der Waals surface area contributed by atoms with Gasteiger partial charge in [-0.15, -0.1) is 0 Å². The van der Waals surface area contributed by atoms with Gasteiger partial charge in [-0.05, 0) is 19.1 Å². The summed E-state index contributed by atoms with van der Waals surface area (Å²) < 4.78 is 5.22. The maximum atomic E-state index is 8.65. The van der Waals surface area contributed by atoms with Gasteiger partial charge in [-0.2, -0.15) is 5.26 Å². The predicted octanol–water partition coefficient (Wildman–Crippen LogP) is 2.60. The van der Waals surface area contributed by atoms with Gasteiger partial charge >= 0.3 is 0 Å². The minimum absolute atomic E-state index is 0.00603. The fraction of sp³-hybridized carbons (Fsp3) is 0.417. The SMILES string of the molecule is COc1cccc(Cl)c1CNCC(C)C#N. The maximum Gasteiger partial charge on any atom is 0.124 e. The van der Waals surface area contributed by atoms with E-state index in [1.807, 2.05) is 25.1 Å². The Bertz CT molecular complexity index is 387. The lowest BCUT2D eigenvalue weighted by Crippen LogP contribution is -2.20. The number of hydrogen-bond acceptors (Lipinski definition) is 3. The molecule has 0 bridgehead atoms. The molecule has 86 valence electrons. The van der Waals surface area contributed by atoms with Crippen molar-refractivity contribution in [3.8, 4) is 11.8 Å². The Hall–Kier alpha value is -1.24. The summed E-state index contributed by atoms with van der Waals surface area (Å²) in [5.41, 5.74) is 0.928. The molecule has 4 heteroatoms. The fourth-order valence-electron chi connectivity index (χ4n) is 1.36. The molecule has 16 heavy (non-hydrogen) atoms. The third-order valence-corrected chi connectivity index (χ3v) is 2.62. The standard InChI is InChI=1S/C12H15ClN2O/c1-9(6-14)7-15-8-10-11(13)4-3-5-12(10)16-2/h3-5,9,15H,7-8H2,1-2H3. The van der Waals surface area contributed by atoms with Crippen LogP contribution in [0.3, 0.4) is 0 Å². The number of halogens is 1. The van der Waals surface area contributed by atoms with Crippen molar-refractivity contribution in [3.05, 3.63) is 28.8 Å². The molecule has 1 aromatic rings. The number of nitrogens with zero attached hydrogens (tertiary/aromatic N) is 1. The monoisotopic (exact) mass is 238 g/mol. The predicted molar refractivity (Wildman–Crippen MR) is 64.5 cm³/mol. The number of benzene rings is 1. The van der Waals surface area contributed by atoms with Crippen molar-refractivity contribution in [3.63, 3.8) is 0 Å². The summed E-state index contributed by atoms with van der Waals surface area (Å²) in [5.74, 6) is 0.762. The minimum Gasteiger partial charge on any atom is -0.496 e. The average Bonchev–Trinajstić information content (AvgIpc) is 2.30. The molecule has 3 nitrogen and oxygen atoms in total. The van der Waals surface area contributed by atoms with Crippen molar-refractivity contribution in [2.24, 2.45) is 5.92 Å². The van der Waals surface area contributed by atoms with Crippen LogP contribution in [0, 0.1) is 17.2 Å². The van der Waals surface area contributed by atoms with Crippen molar-refractivity contribution in [1.82, 2.24) is 5.32 Å². The highest BCUT2D eigenvalue weighted by molar-refractivity contribution is 6.31. The molecule has 0 amide bonds. The van der Waals surface area contributed by atoms with Gasteiger partial charge in [0.2, 0.25) is 0 Å². The molecule has 0 aromatic heterocycles. The summed E-state index contributed by atoms with van der Waals surface area (Å²) in [6, 6.07) is 7.72. The normalized spacial score (nSPS) is 11.9. The summed E-state index contributed by atoms with van der Waals surface area (Å²) in [7, 11) is 1.62. The molecule has 0 saturated heterocycles. The summed E-state index contributed by atoms with van der Waals surface area (Å²) in [4.78, 5) is 0. The zero-order valence-electron chi connectivity index (χ0n) is 9.46. The molecule has 1 N–H and O–H groups in total. The van der Waals surface area contributed by atoms with Crippen LogP contribution in [0.4, 0.5) is 0 Å². The van der Waals surface area contributed by atoms with E-state index >= 15 is 0 Å². The second kappa shape index (κ2) is 6.37. The number of hydrogen-bond donors (Lipinski definition) is 1. The Kier molecular flexibility index (Phi) is 5.10. The van der Waals surface area contributed by atoms with Crippen molar-refractivity contribution in [2.75, 3.05) is 13.7 Å². The topological polar surface area (TPSA) is 45.0 Å². The summed E-state index contributed by atoms with van der Waals surface area (Å²) in [6.07, 6.45) is 0. The Morgan fingerprint density at radius 1 is 1.56 bits per heavy atom. The fourth-order valence-corrected chi connectivity index (χ4v) is 1.59. The second-order valence-corrected chi connectivity index (χ2v) is 3.99. The quantitative estimate of drug-likeness (QED) is 0.858. The van der Waals surface area contributed by atoms with Crippen LogP contribution in [0.25, 0.3) is 0 Å². The van der Waals surface area contributed by atoms with Gasteiger partial charge in [0.05, 0.1) is 19.1 Å². The number of rotatable bonds is 5. The smallest absolute Gasteiger partial charge is 0.124 e. The lowest BCUT2D eigenvalue weighted by atomic mass is 10.1. The van der Waals surface area contributed by atoms with Crippen LogP contribution in [0.2, 0.25) is 5.02 Å². The second-order valence-electron chi connectivity index (χ2n) is 3.58. The van der Waals surface area contributed by atoms with Crippen LogP contribution in [-0.2, 0) is 6.54 Å². The van der Waals surface area contributed by atoms with Crippen LogP contribution in [0.5, 0.6) is 5.75 Å². The van der Waals surface area contributed by atoms with E-state index in [9.17, 15) is 0 Å². The largest absolute Gasteiger partial charge is 0.496 e. The first kappa shape index (κ1) is 12.8. The Labute approximate surface area is 101 Å². The molecular formula is C12H15ClN2O. The van der Waals surface area contributed by atoms with Gasteiger partial charge < -0.3 is 10.1 Å². The molecular weight excluding hydrogens is 224 g/mol. The van der Waals surface area contributed by atoms with Crippen molar-refractivity contribution < 1.29 is 4.74 Å².